The average Bonchev–Trinajstić information content (AvgIpc) is 2.83. The Balaban J connectivity index is 1.72. The number of benzene rings is 1. The van der Waals surface area contributed by atoms with E-state index in [9.17, 15) is 10.1 Å². The van der Waals surface area contributed by atoms with Crippen LogP contribution in [-0.4, -0.2) is 20.9 Å². The van der Waals surface area contributed by atoms with Crippen molar-refractivity contribution in [1.29, 1.82) is 5.26 Å². The highest BCUT2D eigenvalue weighted by atomic mass is 16.1. The molecule has 4 rings (SSSR count). The van der Waals surface area contributed by atoms with Gasteiger partial charge < -0.3 is 5.32 Å². The number of hydrogen-bond donors (Lipinski definition) is 1. The molecule has 0 radical (unpaired) electrons. The number of rotatable bonds is 5. The van der Waals surface area contributed by atoms with Crippen molar-refractivity contribution < 1.29 is 4.79 Å². The molecule has 3 heterocycles. The summed E-state index contributed by atoms with van der Waals surface area (Å²) in [5.74, 6) is -0.219. The van der Waals surface area contributed by atoms with E-state index in [2.05, 4.69) is 26.3 Å². The van der Waals surface area contributed by atoms with Crippen LogP contribution < -0.4 is 5.32 Å². The van der Waals surface area contributed by atoms with E-state index >= 15 is 0 Å². The van der Waals surface area contributed by atoms with E-state index in [0.29, 0.717) is 23.4 Å². The molecule has 0 aliphatic carbocycles. The third kappa shape index (κ3) is 4.68. The van der Waals surface area contributed by atoms with E-state index in [-0.39, 0.29) is 5.91 Å². The predicted octanol–water partition coefficient (Wildman–Crippen LogP) is 4.62. The zero-order valence-corrected chi connectivity index (χ0v) is 17.8. The lowest BCUT2D eigenvalue weighted by molar-refractivity contribution is 0.0951. The van der Waals surface area contributed by atoms with Gasteiger partial charge >= 0.3 is 0 Å². The molecule has 1 amide bonds. The third-order valence-electron chi connectivity index (χ3n) is 5.05. The normalized spacial score (nSPS) is 10.4. The molecule has 3 aromatic heterocycles. The van der Waals surface area contributed by atoms with Gasteiger partial charge in [-0.1, -0.05) is 12.1 Å². The number of nitrogens with zero attached hydrogens (tertiary/aromatic N) is 4. The predicted molar refractivity (Wildman–Crippen MR) is 123 cm³/mol. The fraction of sp³-hybridized carbons (Fsp3) is 0.115. The fourth-order valence-electron chi connectivity index (χ4n) is 3.32. The number of nitrogens with one attached hydrogen (secondary N) is 1. The van der Waals surface area contributed by atoms with Crippen molar-refractivity contribution in [1.82, 2.24) is 20.3 Å². The molecular weight excluding hydrogens is 398 g/mol. The summed E-state index contributed by atoms with van der Waals surface area (Å²) in [6.45, 7) is 4.26. The zero-order chi connectivity index (χ0) is 22.5. The van der Waals surface area contributed by atoms with Gasteiger partial charge in [0, 0.05) is 47.5 Å². The molecule has 6 nitrogen and oxygen atoms in total. The Hall–Kier alpha value is -4.37. The fourth-order valence-corrected chi connectivity index (χ4v) is 3.32. The molecule has 6 heteroatoms. The Morgan fingerprint density at radius 2 is 1.81 bits per heavy atom. The summed E-state index contributed by atoms with van der Waals surface area (Å²) in [7, 11) is 0. The number of amides is 1. The molecule has 156 valence electrons. The van der Waals surface area contributed by atoms with Gasteiger partial charge in [-0.05, 0) is 73.0 Å². The first-order chi connectivity index (χ1) is 15.5. The average molecular weight is 419 g/mol. The molecule has 0 aliphatic heterocycles. The molecule has 0 bridgehead atoms. The highest BCUT2D eigenvalue weighted by molar-refractivity contribution is 5.97. The van der Waals surface area contributed by atoms with Gasteiger partial charge in [0.1, 0.15) is 11.8 Å². The highest BCUT2D eigenvalue weighted by Crippen LogP contribution is 2.29. The first-order valence-electron chi connectivity index (χ1n) is 10.2. The SMILES string of the molecule is Cc1ccc(-c2cc(C(=O)NCc3ccc(C)nc3)cc(-c3cccnc3C#N)c2)nc1. The van der Waals surface area contributed by atoms with Gasteiger partial charge in [-0.2, -0.15) is 5.26 Å². The molecule has 0 atom stereocenters. The number of nitriles is 1. The van der Waals surface area contributed by atoms with Crippen LogP contribution in [-0.2, 0) is 6.54 Å². The van der Waals surface area contributed by atoms with Gasteiger partial charge in [0.05, 0.1) is 5.69 Å². The number of aryl methyl sites for hydroxylation is 2. The second-order valence-corrected chi connectivity index (χ2v) is 7.52. The largest absolute Gasteiger partial charge is 0.348 e. The first-order valence-corrected chi connectivity index (χ1v) is 10.2. The van der Waals surface area contributed by atoms with Crippen LogP contribution >= 0.6 is 0 Å². The second-order valence-electron chi connectivity index (χ2n) is 7.52. The van der Waals surface area contributed by atoms with Crippen LogP contribution in [0.1, 0.15) is 32.9 Å². The highest BCUT2D eigenvalue weighted by Gasteiger charge is 2.14. The molecule has 0 spiro atoms. The number of pyridine rings is 3. The van der Waals surface area contributed by atoms with Crippen molar-refractivity contribution in [2.75, 3.05) is 0 Å². The smallest absolute Gasteiger partial charge is 0.251 e. The maximum atomic E-state index is 13.0. The lowest BCUT2D eigenvalue weighted by Crippen LogP contribution is -2.23. The number of hydrogen-bond acceptors (Lipinski definition) is 5. The van der Waals surface area contributed by atoms with Crippen LogP contribution in [0.2, 0.25) is 0 Å². The van der Waals surface area contributed by atoms with E-state index in [0.717, 1.165) is 33.6 Å². The summed E-state index contributed by atoms with van der Waals surface area (Å²) < 4.78 is 0. The first kappa shape index (κ1) is 20.9. The van der Waals surface area contributed by atoms with E-state index in [1.54, 1.807) is 30.7 Å². The number of aromatic nitrogens is 3. The maximum Gasteiger partial charge on any atom is 0.251 e. The Kier molecular flexibility index (Phi) is 6.00. The van der Waals surface area contributed by atoms with Crippen LogP contribution in [0, 0.1) is 25.2 Å². The minimum absolute atomic E-state index is 0.219. The molecule has 0 saturated carbocycles. The summed E-state index contributed by atoms with van der Waals surface area (Å²) in [6.07, 6.45) is 5.12. The summed E-state index contributed by atoms with van der Waals surface area (Å²) in [4.78, 5) is 26.0. The Labute approximate surface area is 186 Å². The number of carbonyl (C=O) groups is 1. The summed E-state index contributed by atoms with van der Waals surface area (Å²) in [5.41, 5.74) is 6.61. The quantitative estimate of drug-likeness (QED) is 0.509. The van der Waals surface area contributed by atoms with E-state index in [1.807, 2.05) is 56.3 Å². The van der Waals surface area contributed by atoms with Crippen LogP contribution in [0.15, 0.2) is 73.2 Å². The molecule has 0 saturated heterocycles. The Morgan fingerprint density at radius 3 is 2.53 bits per heavy atom. The van der Waals surface area contributed by atoms with Gasteiger partial charge in [-0.25, -0.2) is 4.98 Å². The Bertz CT molecular complexity index is 1310. The van der Waals surface area contributed by atoms with Gasteiger partial charge in [0.2, 0.25) is 0 Å². The molecule has 1 aromatic carbocycles. The summed E-state index contributed by atoms with van der Waals surface area (Å²) in [6, 6.07) is 19.0. The monoisotopic (exact) mass is 419 g/mol. The molecule has 1 N–H and O–H groups in total. The molecule has 0 fully saturated rings. The second kappa shape index (κ2) is 9.19. The molecule has 4 aromatic rings. The van der Waals surface area contributed by atoms with Crippen molar-refractivity contribution in [3.8, 4) is 28.5 Å². The summed E-state index contributed by atoms with van der Waals surface area (Å²) in [5, 5.41) is 12.4. The van der Waals surface area contributed by atoms with Crippen molar-refractivity contribution in [2.45, 2.75) is 20.4 Å². The van der Waals surface area contributed by atoms with Crippen molar-refractivity contribution in [3.63, 3.8) is 0 Å². The lowest BCUT2D eigenvalue weighted by atomic mass is 9.97. The third-order valence-corrected chi connectivity index (χ3v) is 5.05. The van der Waals surface area contributed by atoms with Crippen molar-refractivity contribution in [2.24, 2.45) is 0 Å². The van der Waals surface area contributed by atoms with Crippen LogP contribution in [0.4, 0.5) is 0 Å². The molecule has 0 unspecified atom stereocenters. The lowest BCUT2D eigenvalue weighted by Gasteiger charge is -2.12. The Morgan fingerprint density at radius 1 is 0.969 bits per heavy atom. The van der Waals surface area contributed by atoms with Gasteiger partial charge in [0.25, 0.3) is 5.91 Å². The zero-order valence-electron chi connectivity index (χ0n) is 17.8. The van der Waals surface area contributed by atoms with Crippen LogP contribution in [0.25, 0.3) is 22.4 Å². The molecular formula is C26H21N5O. The number of carbonyl (C=O) groups excluding carboxylic acids is 1. The van der Waals surface area contributed by atoms with Gasteiger partial charge in [-0.3, -0.25) is 14.8 Å². The van der Waals surface area contributed by atoms with Crippen LogP contribution in [0.3, 0.4) is 0 Å². The topological polar surface area (TPSA) is 91.6 Å². The van der Waals surface area contributed by atoms with E-state index in [4.69, 9.17) is 0 Å². The summed E-state index contributed by atoms with van der Waals surface area (Å²) >= 11 is 0. The van der Waals surface area contributed by atoms with E-state index < -0.39 is 0 Å². The van der Waals surface area contributed by atoms with Gasteiger partial charge in [0.15, 0.2) is 0 Å². The van der Waals surface area contributed by atoms with E-state index in [1.165, 1.54) is 0 Å². The molecule has 32 heavy (non-hydrogen) atoms. The van der Waals surface area contributed by atoms with Gasteiger partial charge in [-0.15, -0.1) is 0 Å². The maximum absolute atomic E-state index is 13.0. The van der Waals surface area contributed by atoms with Crippen LogP contribution in [0.5, 0.6) is 0 Å². The van der Waals surface area contributed by atoms with Crippen molar-refractivity contribution >= 4 is 5.91 Å². The van der Waals surface area contributed by atoms with Crippen molar-refractivity contribution in [3.05, 3.63) is 101 Å². The minimum atomic E-state index is -0.219. The molecule has 0 aliphatic rings. The minimum Gasteiger partial charge on any atom is -0.348 e. The standard InChI is InChI=1S/C26H21N5O/c1-17-5-8-24(30-14-17)21-10-20(23-4-3-9-28-25(23)13-27)11-22(12-21)26(32)31-16-19-7-6-18(2)29-15-19/h3-12,14-15H,16H2,1-2H3,(H,31,32).